The summed E-state index contributed by atoms with van der Waals surface area (Å²) >= 11 is 1.61. The van der Waals surface area contributed by atoms with Crippen molar-refractivity contribution in [3.63, 3.8) is 0 Å². The van der Waals surface area contributed by atoms with Gasteiger partial charge in [0.25, 0.3) is 0 Å². The first kappa shape index (κ1) is 23.5. The number of aliphatic hydroxyl groups excluding tert-OH is 1. The molecule has 1 aromatic heterocycles. The molecule has 0 bridgehead atoms. The number of thiazole rings is 1. The van der Waals surface area contributed by atoms with Gasteiger partial charge in [-0.1, -0.05) is 30.6 Å². The third-order valence-corrected chi connectivity index (χ3v) is 9.49. The van der Waals surface area contributed by atoms with Crippen LogP contribution in [0.5, 0.6) is 5.75 Å². The number of aromatic nitrogens is 1. The van der Waals surface area contributed by atoms with E-state index >= 15 is 0 Å². The van der Waals surface area contributed by atoms with Crippen LogP contribution in [-0.4, -0.2) is 50.9 Å². The molecule has 4 rings (SSSR count). The largest absolute Gasteiger partial charge is 0.495 e. The number of nitrogens with zero attached hydrogens (tertiary/aromatic N) is 2. The Balaban J connectivity index is 1.63. The van der Waals surface area contributed by atoms with Crippen LogP contribution in [0.15, 0.2) is 23.1 Å². The summed E-state index contributed by atoms with van der Waals surface area (Å²) in [6.07, 6.45) is 7.45. The minimum atomic E-state index is -3.79. The van der Waals surface area contributed by atoms with Gasteiger partial charge in [0.05, 0.1) is 23.8 Å². The highest BCUT2D eigenvalue weighted by molar-refractivity contribution is 7.89. The Morgan fingerprint density at radius 2 is 1.94 bits per heavy atom. The van der Waals surface area contributed by atoms with Gasteiger partial charge in [-0.2, -0.15) is 0 Å². The zero-order valence-electron chi connectivity index (χ0n) is 19.0. The van der Waals surface area contributed by atoms with Crippen LogP contribution in [0.1, 0.15) is 57.1 Å². The van der Waals surface area contributed by atoms with Crippen molar-refractivity contribution in [3.8, 4) is 16.2 Å². The average Bonchev–Trinajstić information content (AvgIpc) is 3.38. The Labute approximate surface area is 194 Å². The molecular weight excluding hydrogens is 446 g/mol. The summed E-state index contributed by atoms with van der Waals surface area (Å²) in [6.45, 7) is 1.97. The normalized spacial score (nSPS) is 22.2. The molecule has 0 saturated heterocycles. The summed E-state index contributed by atoms with van der Waals surface area (Å²) in [7, 11) is -0.204. The Morgan fingerprint density at radius 1 is 1.19 bits per heavy atom. The van der Waals surface area contributed by atoms with Crippen molar-refractivity contribution >= 4 is 26.5 Å². The number of methoxy groups -OCH3 is 1. The van der Waals surface area contributed by atoms with Gasteiger partial charge in [-0.15, -0.1) is 0 Å². The van der Waals surface area contributed by atoms with E-state index in [1.807, 2.05) is 13.0 Å². The maximum atomic E-state index is 13.2. The molecule has 1 heterocycles. The number of hydrogen-bond donors (Lipinski definition) is 2. The van der Waals surface area contributed by atoms with Gasteiger partial charge < -0.3 is 14.7 Å². The van der Waals surface area contributed by atoms with E-state index in [-0.39, 0.29) is 10.9 Å². The number of aliphatic hydroxyl groups is 1. The van der Waals surface area contributed by atoms with Crippen LogP contribution in [0.2, 0.25) is 0 Å². The van der Waals surface area contributed by atoms with Crippen molar-refractivity contribution in [3.05, 3.63) is 23.9 Å². The van der Waals surface area contributed by atoms with Crippen molar-refractivity contribution in [2.75, 3.05) is 19.1 Å². The molecule has 176 valence electrons. The average molecular weight is 480 g/mol. The number of hydrogen-bond acceptors (Lipinski definition) is 7. The summed E-state index contributed by atoms with van der Waals surface area (Å²) in [5, 5.41) is 10.7. The van der Waals surface area contributed by atoms with Crippen LogP contribution in [0.25, 0.3) is 10.4 Å². The van der Waals surface area contributed by atoms with Gasteiger partial charge in [0.15, 0.2) is 5.13 Å². The Bertz CT molecular complexity index is 1050. The summed E-state index contributed by atoms with van der Waals surface area (Å²) in [6, 6.07) is 5.53. The fraction of sp³-hybridized carbons (Fsp3) is 0.609. The zero-order chi connectivity index (χ0) is 22.9. The fourth-order valence-corrected chi connectivity index (χ4v) is 7.38. The lowest BCUT2D eigenvalue weighted by molar-refractivity contribution is 0.181. The van der Waals surface area contributed by atoms with Crippen molar-refractivity contribution in [2.24, 2.45) is 0 Å². The standard InChI is InChI=1S/C23H33N3O4S2/c1-15-22(31-23(24-15)26(2)18-7-5-4-6-8-18)16-9-12-20(30-3)21(13-16)32(28,29)25-17-10-11-19(27)14-17/h9,12-13,17-19,25,27H,4-8,10-11,14H2,1-3H3. The van der Waals surface area contributed by atoms with Gasteiger partial charge >= 0.3 is 0 Å². The van der Waals surface area contributed by atoms with Crippen LogP contribution in [-0.2, 0) is 10.0 Å². The summed E-state index contributed by atoms with van der Waals surface area (Å²) in [4.78, 5) is 8.18. The number of rotatable bonds is 7. The Hall–Kier alpha value is -1.68. The van der Waals surface area contributed by atoms with Crippen LogP contribution in [0.4, 0.5) is 5.13 Å². The summed E-state index contributed by atoms with van der Waals surface area (Å²) < 4.78 is 34.5. The van der Waals surface area contributed by atoms with E-state index in [4.69, 9.17) is 9.72 Å². The second-order valence-electron chi connectivity index (χ2n) is 8.96. The highest BCUT2D eigenvalue weighted by Crippen LogP contribution is 2.39. The quantitative estimate of drug-likeness (QED) is 0.622. The predicted molar refractivity (Wildman–Crippen MR) is 128 cm³/mol. The predicted octanol–water partition coefficient (Wildman–Crippen LogP) is 4.09. The lowest BCUT2D eigenvalue weighted by Crippen LogP contribution is -2.33. The van der Waals surface area contributed by atoms with E-state index in [2.05, 4.69) is 16.7 Å². The monoisotopic (exact) mass is 479 g/mol. The van der Waals surface area contributed by atoms with E-state index in [0.29, 0.717) is 31.1 Å². The molecule has 1 aromatic carbocycles. The number of benzene rings is 1. The highest BCUT2D eigenvalue weighted by atomic mass is 32.2. The topological polar surface area (TPSA) is 91.8 Å². The third kappa shape index (κ3) is 4.95. The molecular formula is C23H33N3O4S2. The van der Waals surface area contributed by atoms with E-state index in [9.17, 15) is 13.5 Å². The van der Waals surface area contributed by atoms with Crippen LogP contribution >= 0.6 is 11.3 Å². The van der Waals surface area contributed by atoms with Gasteiger partial charge in [-0.25, -0.2) is 18.1 Å². The first-order valence-corrected chi connectivity index (χ1v) is 13.7. The number of anilines is 1. The maximum absolute atomic E-state index is 13.2. The molecule has 2 atom stereocenters. The molecule has 2 unspecified atom stereocenters. The molecule has 0 radical (unpaired) electrons. The van der Waals surface area contributed by atoms with E-state index in [0.717, 1.165) is 21.3 Å². The van der Waals surface area contributed by atoms with E-state index < -0.39 is 16.1 Å². The lowest BCUT2D eigenvalue weighted by atomic mass is 9.95. The Morgan fingerprint density at radius 3 is 2.59 bits per heavy atom. The Kier molecular flexibility index (Phi) is 7.09. The summed E-state index contributed by atoms with van der Waals surface area (Å²) in [5.74, 6) is 0.307. The van der Waals surface area contributed by atoms with Gasteiger partial charge in [0, 0.05) is 19.1 Å². The van der Waals surface area contributed by atoms with Crippen LogP contribution in [0.3, 0.4) is 0 Å². The lowest BCUT2D eigenvalue weighted by Gasteiger charge is -2.30. The molecule has 7 nitrogen and oxygen atoms in total. The molecule has 2 aliphatic rings. The van der Waals surface area contributed by atoms with Gasteiger partial charge in [-0.3, -0.25) is 0 Å². The zero-order valence-corrected chi connectivity index (χ0v) is 20.6. The third-order valence-electron chi connectivity index (χ3n) is 6.65. The molecule has 2 N–H and O–H groups in total. The van der Waals surface area contributed by atoms with E-state index in [1.165, 1.54) is 39.2 Å². The smallest absolute Gasteiger partial charge is 0.244 e. The number of sulfonamides is 1. The van der Waals surface area contributed by atoms with Crippen molar-refractivity contribution in [1.82, 2.24) is 9.71 Å². The van der Waals surface area contributed by atoms with E-state index in [1.54, 1.807) is 23.5 Å². The van der Waals surface area contributed by atoms with Crippen molar-refractivity contribution < 1.29 is 18.3 Å². The SMILES string of the molecule is COc1ccc(-c2sc(N(C)C3CCCCC3)nc2C)cc1S(=O)(=O)NC1CCC(O)C1. The number of ether oxygens (including phenoxy) is 1. The highest BCUT2D eigenvalue weighted by Gasteiger charge is 2.30. The molecule has 2 fully saturated rings. The molecule has 2 saturated carbocycles. The molecule has 0 aliphatic heterocycles. The molecule has 0 amide bonds. The minimum Gasteiger partial charge on any atom is -0.495 e. The minimum absolute atomic E-state index is 0.119. The van der Waals surface area contributed by atoms with Crippen molar-refractivity contribution in [1.29, 1.82) is 0 Å². The van der Waals surface area contributed by atoms with Crippen LogP contribution < -0.4 is 14.4 Å². The summed E-state index contributed by atoms with van der Waals surface area (Å²) in [5.41, 5.74) is 1.71. The van der Waals surface area contributed by atoms with Gasteiger partial charge in [-0.05, 0) is 62.8 Å². The van der Waals surface area contributed by atoms with Gasteiger partial charge in [0.1, 0.15) is 10.6 Å². The fourth-order valence-electron chi connectivity index (χ4n) is 4.80. The van der Waals surface area contributed by atoms with Crippen LogP contribution in [0, 0.1) is 6.92 Å². The maximum Gasteiger partial charge on any atom is 0.244 e. The second kappa shape index (κ2) is 9.67. The molecule has 9 heteroatoms. The number of nitrogens with one attached hydrogen (secondary N) is 1. The van der Waals surface area contributed by atoms with Crippen molar-refractivity contribution in [2.45, 2.75) is 81.4 Å². The second-order valence-corrected chi connectivity index (χ2v) is 11.6. The number of aryl methyl sites for hydroxylation is 1. The van der Waals surface area contributed by atoms with Gasteiger partial charge in [0.2, 0.25) is 10.0 Å². The molecule has 2 aromatic rings. The molecule has 2 aliphatic carbocycles. The molecule has 0 spiro atoms. The first-order chi connectivity index (χ1) is 15.3. The molecule has 32 heavy (non-hydrogen) atoms. The first-order valence-electron chi connectivity index (χ1n) is 11.4.